The molecule has 26 heavy (non-hydrogen) atoms. The lowest BCUT2D eigenvalue weighted by Gasteiger charge is -1.96. The minimum Gasteiger partial charge on any atom is -0.0845 e. The molecule has 0 atom stereocenters. The van der Waals surface area contributed by atoms with Crippen molar-refractivity contribution in [2.24, 2.45) is 0 Å². The van der Waals surface area contributed by atoms with Gasteiger partial charge in [0.05, 0.1) is 0 Å². The van der Waals surface area contributed by atoms with E-state index in [0.29, 0.717) is 0 Å². The maximum Gasteiger partial charge on any atom is -0.0276 e. The third-order valence-corrected chi connectivity index (χ3v) is 3.57. The van der Waals surface area contributed by atoms with Gasteiger partial charge in [0.2, 0.25) is 0 Å². The maximum atomic E-state index is 3.33. The van der Waals surface area contributed by atoms with Crippen molar-refractivity contribution in [3.63, 3.8) is 0 Å². The third-order valence-electron chi connectivity index (χ3n) is 3.57. The number of rotatable bonds is 0. The zero-order valence-corrected chi connectivity index (χ0v) is 15.7. The summed E-state index contributed by atoms with van der Waals surface area (Å²) in [6.45, 7) is 0. The van der Waals surface area contributed by atoms with E-state index in [1.165, 1.54) is 25.7 Å². The second kappa shape index (κ2) is 18.7. The lowest BCUT2D eigenvalue weighted by Crippen LogP contribution is -1.76. The summed E-state index contributed by atoms with van der Waals surface area (Å²) in [6.07, 6.45) is 49.5. The molecule has 0 amide bonds. The zero-order chi connectivity index (χ0) is 18.4. The lowest BCUT2D eigenvalue weighted by atomic mass is 10.1. The molecule has 1 aliphatic rings. The van der Waals surface area contributed by atoms with Crippen LogP contribution in [0.25, 0.3) is 0 Å². The molecule has 0 saturated carbocycles. The second-order valence-corrected chi connectivity index (χ2v) is 5.83. The number of hydrogen-bond acceptors (Lipinski definition) is 0. The minimum atomic E-state index is 1.05. The highest BCUT2D eigenvalue weighted by molar-refractivity contribution is 5.22. The Kier molecular flexibility index (Phi) is 15.5. The van der Waals surface area contributed by atoms with Crippen LogP contribution in [0.5, 0.6) is 0 Å². The molecule has 0 unspecified atom stereocenters. The van der Waals surface area contributed by atoms with E-state index in [4.69, 9.17) is 0 Å². The van der Waals surface area contributed by atoms with Crippen LogP contribution in [-0.2, 0) is 0 Å². The molecule has 0 heterocycles. The first kappa shape index (κ1) is 21.4. The summed E-state index contributed by atoms with van der Waals surface area (Å²) in [5, 5.41) is 0. The topological polar surface area (TPSA) is 0 Å². The highest BCUT2D eigenvalue weighted by atomic mass is 13.9. The van der Waals surface area contributed by atoms with Crippen LogP contribution in [0.2, 0.25) is 0 Å². The van der Waals surface area contributed by atoms with E-state index in [1.54, 1.807) is 0 Å². The molecule has 0 bridgehead atoms. The average molecular weight is 344 g/mol. The molecule has 0 saturated heterocycles. The van der Waals surface area contributed by atoms with Crippen LogP contribution in [0.1, 0.15) is 38.5 Å². The van der Waals surface area contributed by atoms with Crippen molar-refractivity contribution >= 4 is 0 Å². The van der Waals surface area contributed by atoms with Crippen molar-refractivity contribution in [1.29, 1.82) is 0 Å². The van der Waals surface area contributed by atoms with Gasteiger partial charge in [-0.2, -0.15) is 0 Å². The first-order valence-corrected chi connectivity index (χ1v) is 9.55. The van der Waals surface area contributed by atoms with Crippen molar-refractivity contribution in [2.75, 3.05) is 0 Å². The molecule has 1 aliphatic carbocycles. The second-order valence-electron chi connectivity index (χ2n) is 5.83. The van der Waals surface area contributed by atoms with E-state index in [2.05, 4.69) is 30.4 Å². The van der Waals surface area contributed by atoms with E-state index >= 15 is 0 Å². The van der Waals surface area contributed by atoms with Crippen molar-refractivity contribution in [3.05, 3.63) is 122 Å². The molecule has 0 fully saturated rings. The Hall–Kier alpha value is -2.60. The van der Waals surface area contributed by atoms with Crippen LogP contribution in [0.15, 0.2) is 115 Å². The van der Waals surface area contributed by atoms with Gasteiger partial charge in [-0.3, -0.25) is 0 Å². The molecule has 0 aromatic heterocycles. The Balaban J connectivity index is 2.49. The Morgan fingerprint density at radius 1 is 0.385 bits per heavy atom. The van der Waals surface area contributed by atoms with E-state index < -0.39 is 0 Å². The predicted molar refractivity (Wildman–Crippen MR) is 118 cm³/mol. The van der Waals surface area contributed by atoms with Gasteiger partial charge in [0.1, 0.15) is 0 Å². The molecule has 0 spiro atoms. The summed E-state index contributed by atoms with van der Waals surface area (Å²) in [7, 11) is 0. The van der Waals surface area contributed by atoms with Gasteiger partial charge in [0.15, 0.2) is 0 Å². The van der Waals surface area contributed by atoms with Crippen molar-refractivity contribution in [2.45, 2.75) is 38.5 Å². The smallest absolute Gasteiger partial charge is 0.0276 e. The highest BCUT2D eigenvalue weighted by Crippen LogP contribution is 2.06. The average Bonchev–Trinajstić information content (AvgIpc) is 2.65. The van der Waals surface area contributed by atoms with Crippen LogP contribution in [-0.4, -0.2) is 0 Å². The molecule has 0 heteroatoms. The normalized spacial score (nSPS) is 30.2. The molecule has 1 rings (SSSR count). The van der Waals surface area contributed by atoms with Crippen molar-refractivity contribution in [1.82, 2.24) is 0 Å². The Morgan fingerprint density at radius 2 is 0.808 bits per heavy atom. The minimum absolute atomic E-state index is 1.05. The molecule has 0 aromatic carbocycles. The Morgan fingerprint density at radius 3 is 1.35 bits per heavy atom. The van der Waals surface area contributed by atoms with Gasteiger partial charge in [-0.25, -0.2) is 0 Å². The molecule has 0 aromatic rings. The zero-order valence-electron chi connectivity index (χ0n) is 15.7. The fourth-order valence-corrected chi connectivity index (χ4v) is 2.19. The van der Waals surface area contributed by atoms with Crippen molar-refractivity contribution < 1.29 is 0 Å². The number of allylic oxidation sites excluding steroid dienone is 20. The standard InChI is InChI=1S/C26H31/c1-2-4-6-8-10-12-14-16-18-20-22-24-26-25-23-21-19-17-15-13-11-9-7-5-3-1/h1-19H,20,22-26H2/b2-1+,5-3+,6-4-,9-7+,10-8+,13-11-,14-12+,17-15+,18-16+,21-19?. The van der Waals surface area contributed by atoms with Crippen LogP contribution in [0.3, 0.4) is 0 Å². The summed E-state index contributed by atoms with van der Waals surface area (Å²) in [5.74, 6) is 0. The highest BCUT2D eigenvalue weighted by Gasteiger charge is 1.87. The van der Waals surface area contributed by atoms with Crippen LogP contribution < -0.4 is 0 Å². The monoisotopic (exact) mass is 343 g/mol. The van der Waals surface area contributed by atoms with Crippen LogP contribution in [0, 0.1) is 6.08 Å². The lowest BCUT2D eigenvalue weighted by molar-refractivity contribution is 0.649. The Labute approximate surface area is 160 Å². The van der Waals surface area contributed by atoms with Crippen LogP contribution >= 0.6 is 0 Å². The van der Waals surface area contributed by atoms with E-state index in [-0.39, 0.29) is 0 Å². The van der Waals surface area contributed by atoms with E-state index in [0.717, 1.165) is 12.8 Å². The van der Waals surface area contributed by atoms with E-state index in [1.807, 2.05) is 91.1 Å². The van der Waals surface area contributed by atoms with Crippen molar-refractivity contribution in [3.8, 4) is 0 Å². The fraction of sp³-hybridized carbons (Fsp3) is 0.231. The van der Waals surface area contributed by atoms with Gasteiger partial charge in [-0.05, 0) is 31.8 Å². The molecule has 135 valence electrons. The SMILES string of the molecule is [C]1=C/C=C/C=C\C=C\C=C\C=C\C=C/C=C/C=C/C=C/CCCCCC/1. The summed E-state index contributed by atoms with van der Waals surface area (Å²) < 4.78 is 0. The van der Waals surface area contributed by atoms with Gasteiger partial charge in [0.25, 0.3) is 0 Å². The number of hydrogen-bond donors (Lipinski definition) is 0. The van der Waals surface area contributed by atoms with Gasteiger partial charge < -0.3 is 0 Å². The summed E-state index contributed by atoms with van der Waals surface area (Å²) in [4.78, 5) is 0. The largest absolute Gasteiger partial charge is 0.0845 e. The quantitative estimate of drug-likeness (QED) is 0.422. The maximum absolute atomic E-state index is 3.33. The van der Waals surface area contributed by atoms with E-state index in [9.17, 15) is 0 Å². The molecule has 0 nitrogen and oxygen atoms in total. The van der Waals surface area contributed by atoms with Gasteiger partial charge in [-0.1, -0.05) is 128 Å². The first-order chi connectivity index (χ1) is 13.0. The van der Waals surface area contributed by atoms with Gasteiger partial charge in [-0.15, -0.1) is 0 Å². The first-order valence-electron chi connectivity index (χ1n) is 9.55. The summed E-state index contributed by atoms with van der Waals surface area (Å²) in [5.41, 5.74) is 0. The van der Waals surface area contributed by atoms with Crippen LogP contribution in [0.4, 0.5) is 0 Å². The Bertz CT molecular complexity index is 554. The molecule has 0 aliphatic heterocycles. The van der Waals surface area contributed by atoms with Gasteiger partial charge >= 0.3 is 0 Å². The molecule has 1 radical (unpaired) electrons. The summed E-state index contributed by atoms with van der Waals surface area (Å²) >= 11 is 0. The molecule has 0 N–H and O–H groups in total. The molecular weight excluding hydrogens is 312 g/mol. The fourth-order valence-electron chi connectivity index (χ4n) is 2.19. The third kappa shape index (κ3) is 16.3. The summed E-state index contributed by atoms with van der Waals surface area (Å²) in [6, 6.07) is 0. The van der Waals surface area contributed by atoms with Gasteiger partial charge in [0, 0.05) is 0 Å². The predicted octanol–water partition coefficient (Wildman–Crippen LogP) is 7.71. The molecular formula is C26H31.